The maximum atomic E-state index is 13.1. The topological polar surface area (TPSA) is 105 Å². The fourth-order valence-corrected chi connectivity index (χ4v) is 13.1. The van der Waals surface area contributed by atoms with E-state index in [9.17, 15) is 19.4 Å². The smallest absolute Gasteiger partial charge is 0.387 e. The molecule has 0 bridgehead atoms. The molecule has 0 fully saturated rings. The lowest BCUT2D eigenvalue weighted by molar-refractivity contribution is -0.870. The number of nitrogens with zero attached hydrogens (tertiary/aromatic N) is 1. The summed E-state index contributed by atoms with van der Waals surface area (Å²) in [6.07, 6.45) is 98.9. The van der Waals surface area contributed by atoms with Crippen molar-refractivity contribution in [3.8, 4) is 0 Å². The van der Waals surface area contributed by atoms with Gasteiger partial charge in [-0.3, -0.25) is 13.8 Å². The van der Waals surface area contributed by atoms with Crippen LogP contribution in [0.1, 0.15) is 412 Å². The number of unbranched alkanes of at least 4 members (excludes halogenated alkanes) is 56. The van der Waals surface area contributed by atoms with Crippen molar-refractivity contribution in [2.45, 2.75) is 424 Å². The second-order valence-electron chi connectivity index (χ2n) is 28.8. The molecule has 3 unspecified atom stereocenters. The fraction of sp³-hybridized carbons (Fsp3) is 0.889. The first-order valence-corrected chi connectivity index (χ1v) is 41.5. The number of hydrogen-bond donors (Lipinski definition) is 3. The molecular formula is C81H158N2O6P+. The highest BCUT2D eigenvalue weighted by molar-refractivity contribution is 7.47. The Hall–Kier alpha value is -1.54. The Labute approximate surface area is 562 Å². The standard InChI is InChI=1S/C81H157N2O6P/c1-6-8-10-12-14-16-18-20-22-24-26-28-30-32-34-36-38-39-40-41-42-43-45-47-49-51-53-55-57-59-61-63-65-67-69-71-73-75-81(85)82-79(78-89-90(86,87)88-77-76-83(3,4)5)80(84)74-72-70-68-66-64-62-60-58-56-54-52-50-48-46-44-37-35-33-31-29-27-25-23-21-19-17-15-13-11-9-7-2/h18,20,24,26,64,66,72,74,79-80,84H,6-17,19,21-23,25,27-63,65,67-71,73,75-78H2,1-5H3,(H-,82,85,86,87)/p+1/b20-18-,26-24-,66-64+,74-72+. The van der Waals surface area contributed by atoms with Crippen LogP contribution in [0.15, 0.2) is 48.6 Å². The average Bonchev–Trinajstić information content (AvgIpc) is 3.18. The third kappa shape index (κ3) is 73.9. The van der Waals surface area contributed by atoms with Crippen LogP contribution in [0.25, 0.3) is 0 Å². The summed E-state index contributed by atoms with van der Waals surface area (Å²) >= 11 is 0. The van der Waals surface area contributed by atoms with E-state index in [2.05, 4.69) is 55.6 Å². The molecule has 0 saturated heterocycles. The number of phosphoric ester groups is 1. The van der Waals surface area contributed by atoms with Gasteiger partial charge in [-0.05, 0) is 64.2 Å². The maximum absolute atomic E-state index is 13.1. The van der Waals surface area contributed by atoms with Crippen molar-refractivity contribution in [2.24, 2.45) is 0 Å². The van der Waals surface area contributed by atoms with Crippen molar-refractivity contribution >= 4 is 13.7 Å². The van der Waals surface area contributed by atoms with E-state index < -0.39 is 20.0 Å². The summed E-state index contributed by atoms with van der Waals surface area (Å²) < 4.78 is 23.9. The van der Waals surface area contributed by atoms with Crippen LogP contribution in [0, 0.1) is 0 Å². The Bertz CT molecular complexity index is 1610. The van der Waals surface area contributed by atoms with E-state index >= 15 is 0 Å². The molecule has 0 aliphatic heterocycles. The van der Waals surface area contributed by atoms with Crippen LogP contribution in [0.2, 0.25) is 0 Å². The molecule has 0 saturated carbocycles. The van der Waals surface area contributed by atoms with Gasteiger partial charge in [-0.25, -0.2) is 4.57 Å². The fourth-order valence-electron chi connectivity index (χ4n) is 12.3. The van der Waals surface area contributed by atoms with Gasteiger partial charge in [0.2, 0.25) is 5.91 Å². The Morgan fingerprint density at radius 1 is 0.378 bits per heavy atom. The summed E-state index contributed by atoms with van der Waals surface area (Å²) in [6, 6.07) is -0.865. The van der Waals surface area contributed by atoms with E-state index in [0.29, 0.717) is 17.4 Å². The number of phosphoric acid groups is 1. The number of rotatable bonds is 75. The van der Waals surface area contributed by atoms with Crippen LogP contribution < -0.4 is 5.32 Å². The van der Waals surface area contributed by atoms with Gasteiger partial charge in [0.15, 0.2) is 0 Å². The lowest BCUT2D eigenvalue weighted by Crippen LogP contribution is -2.45. The van der Waals surface area contributed by atoms with E-state index in [-0.39, 0.29) is 19.1 Å². The molecule has 0 heterocycles. The molecule has 9 heteroatoms. The molecule has 0 aliphatic carbocycles. The molecule has 0 radical (unpaired) electrons. The van der Waals surface area contributed by atoms with Crippen LogP contribution in [-0.4, -0.2) is 73.4 Å². The van der Waals surface area contributed by atoms with Crippen LogP contribution >= 0.6 is 7.82 Å². The number of hydrogen-bond acceptors (Lipinski definition) is 5. The Morgan fingerprint density at radius 3 is 0.956 bits per heavy atom. The minimum atomic E-state index is -4.37. The highest BCUT2D eigenvalue weighted by Crippen LogP contribution is 2.43. The number of allylic oxidation sites excluding steroid dienone is 7. The summed E-state index contributed by atoms with van der Waals surface area (Å²) in [4.78, 5) is 23.5. The van der Waals surface area contributed by atoms with Gasteiger partial charge >= 0.3 is 7.82 Å². The number of likely N-dealkylation sites (N-methyl/N-ethyl adjacent to an activating group) is 1. The van der Waals surface area contributed by atoms with Crippen LogP contribution in [-0.2, 0) is 18.4 Å². The third-order valence-corrected chi connectivity index (χ3v) is 19.5. The number of carbonyl (C=O) groups is 1. The molecular weight excluding hydrogens is 1130 g/mol. The minimum absolute atomic E-state index is 0.0579. The van der Waals surface area contributed by atoms with E-state index in [1.165, 1.54) is 347 Å². The molecule has 0 spiro atoms. The first-order valence-electron chi connectivity index (χ1n) is 40.0. The SMILES string of the molecule is CCCCCCC/C=C\C/C=C\CCCCCCCCCCCCCCCCCCCCCCCCCCCC(=O)NC(COP(=O)(O)OCC[N+](C)(C)C)C(O)/C=C/CC/C=C/CCCCCCCCCCCCCCCCCCCCCCCCCCC. The molecule has 0 aromatic heterocycles. The highest BCUT2D eigenvalue weighted by Gasteiger charge is 2.28. The summed E-state index contributed by atoms with van der Waals surface area (Å²) in [5.41, 5.74) is 0. The second-order valence-corrected chi connectivity index (χ2v) is 30.2. The van der Waals surface area contributed by atoms with Gasteiger partial charge in [0.1, 0.15) is 13.2 Å². The first kappa shape index (κ1) is 88.5. The quantitative estimate of drug-likeness (QED) is 0.0243. The van der Waals surface area contributed by atoms with E-state index in [1.54, 1.807) is 6.08 Å². The number of aliphatic hydroxyl groups is 1. The normalized spacial score (nSPS) is 13.7. The molecule has 0 rings (SSSR count). The van der Waals surface area contributed by atoms with Crippen molar-refractivity contribution in [3.05, 3.63) is 48.6 Å². The summed E-state index contributed by atoms with van der Waals surface area (Å²) in [6.45, 7) is 4.85. The lowest BCUT2D eigenvalue weighted by Gasteiger charge is -2.25. The van der Waals surface area contributed by atoms with Crippen LogP contribution in [0.5, 0.6) is 0 Å². The number of nitrogens with one attached hydrogen (secondary N) is 1. The number of aliphatic hydroxyl groups excluding tert-OH is 1. The molecule has 0 aromatic carbocycles. The molecule has 90 heavy (non-hydrogen) atoms. The molecule has 8 nitrogen and oxygen atoms in total. The summed E-state index contributed by atoms with van der Waals surface area (Å²) in [7, 11) is 1.57. The van der Waals surface area contributed by atoms with Crippen molar-refractivity contribution in [3.63, 3.8) is 0 Å². The molecule has 1 amide bonds. The van der Waals surface area contributed by atoms with Gasteiger partial charge in [-0.2, -0.15) is 0 Å². The van der Waals surface area contributed by atoms with E-state index in [4.69, 9.17) is 9.05 Å². The average molecular weight is 1290 g/mol. The van der Waals surface area contributed by atoms with Crippen molar-refractivity contribution in [2.75, 3.05) is 40.9 Å². The van der Waals surface area contributed by atoms with Crippen molar-refractivity contribution < 1.29 is 32.9 Å². The van der Waals surface area contributed by atoms with Crippen molar-refractivity contribution in [1.82, 2.24) is 5.32 Å². The maximum Gasteiger partial charge on any atom is 0.472 e. The van der Waals surface area contributed by atoms with Gasteiger partial charge in [0.05, 0.1) is 39.9 Å². The Kier molecular flexibility index (Phi) is 70.5. The second kappa shape index (κ2) is 71.7. The van der Waals surface area contributed by atoms with Gasteiger partial charge < -0.3 is 19.8 Å². The summed E-state index contributed by atoms with van der Waals surface area (Å²) in [5, 5.41) is 14.0. The van der Waals surface area contributed by atoms with Crippen LogP contribution in [0.3, 0.4) is 0 Å². The monoisotopic (exact) mass is 1290 g/mol. The lowest BCUT2D eigenvalue weighted by atomic mass is 10.0. The molecule has 3 N–H and O–H groups in total. The zero-order valence-electron chi connectivity index (χ0n) is 61.2. The predicted octanol–water partition coefficient (Wildman–Crippen LogP) is 26.1. The third-order valence-electron chi connectivity index (χ3n) is 18.5. The van der Waals surface area contributed by atoms with E-state index in [1.807, 2.05) is 27.2 Å². The molecule has 0 aromatic rings. The molecule has 532 valence electrons. The van der Waals surface area contributed by atoms with Gasteiger partial charge in [0.25, 0.3) is 0 Å². The first-order chi connectivity index (χ1) is 44.0. The number of amides is 1. The predicted molar refractivity (Wildman–Crippen MR) is 397 cm³/mol. The van der Waals surface area contributed by atoms with Gasteiger partial charge in [0, 0.05) is 6.42 Å². The van der Waals surface area contributed by atoms with Crippen LogP contribution in [0.4, 0.5) is 0 Å². The summed E-state index contributed by atoms with van der Waals surface area (Å²) in [5.74, 6) is -0.178. The molecule has 0 aliphatic rings. The van der Waals surface area contributed by atoms with Gasteiger partial charge in [-0.1, -0.05) is 390 Å². The van der Waals surface area contributed by atoms with Crippen molar-refractivity contribution in [1.29, 1.82) is 0 Å². The van der Waals surface area contributed by atoms with E-state index in [0.717, 1.165) is 44.9 Å². The molecule has 3 atom stereocenters. The number of carbonyl (C=O) groups excluding carboxylic acids is 1. The highest BCUT2D eigenvalue weighted by atomic mass is 31.2. The zero-order chi connectivity index (χ0) is 65.5. The minimum Gasteiger partial charge on any atom is -0.387 e. The number of quaternary nitrogens is 1. The zero-order valence-corrected chi connectivity index (χ0v) is 62.1. The Balaban J connectivity index is 3.97. The largest absolute Gasteiger partial charge is 0.472 e. The van der Waals surface area contributed by atoms with Gasteiger partial charge in [-0.15, -0.1) is 0 Å². The Morgan fingerprint density at radius 2 is 0.644 bits per heavy atom.